The van der Waals surface area contributed by atoms with Crippen molar-refractivity contribution in [3.05, 3.63) is 33.9 Å². The zero-order valence-corrected chi connectivity index (χ0v) is 15.5. The molecule has 1 aromatic carbocycles. The van der Waals surface area contributed by atoms with Crippen LogP contribution in [0.15, 0.2) is 18.2 Å². The lowest BCUT2D eigenvalue weighted by Crippen LogP contribution is -2.43. The second kappa shape index (κ2) is 10.6. The Hall–Kier alpha value is -2.54. The van der Waals surface area contributed by atoms with Crippen LogP contribution < -0.4 is 5.32 Å². The number of hydrogen-bond acceptors (Lipinski definition) is 7. The molecule has 1 saturated heterocycles. The number of aryl methyl sites for hydroxylation is 1. The molecule has 0 spiro atoms. The summed E-state index contributed by atoms with van der Waals surface area (Å²) in [6, 6.07) is 6.49. The van der Waals surface area contributed by atoms with Gasteiger partial charge in [-0.15, -0.1) is 0 Å². The van der Waals surface area contributed by atoms with Gasteiger partial charge in [-0.2, -0.15) is 5.26 Å². The molecule has 1 aliphatic rings. The summed E-state index contributed by atoms with van der Waals surface area (Å²) in [6.07, 6.45) is 0.340. The molecule has 0 radical (unpaired) electrons. The van der Waals surface area contributed by atoms with E-state index >= 15 is 0 Å². The van der Waals surface area contributed by atoms with Gasteiger partial charge in [-0.25, -0.2) is 0 Å². The van der Waals surface area contributed by atoms with Crippen molar-refractivity contribution >= 4 is 17.3 Å². The van der Waals surface area contributed by atoms with Crippen LogP contribution >= 0.6 is 0 Å². The maximum Gasteiger partial charge on any atom is 0.271 e. The van der Waals surface area contributed by atoms with Gasteiger partial charge in [0.15, 0.2) is 0 Å². The van der Waals surface area contributed by atoms with E-state index in [0.29, 0.717) is 38.4 Å². The van der Waals surface area contributed by atoms with Gasteiger partial charge in [0.2, 0.25) is 5.91 Å². The van der Waals surface area contributed by atoms with Crippen LogP contribution in [0.5, 0.6) is 0 Å². The average Bonchev–Trinajstić information content (AvgIpc) is 2.66. The van der Waals surface area contributed by atoms with Crippen LogP contribution in [0, 0.1) is 28.4 Å². The number of amides is 1. The number of anilines is 1. The van der Waals surface area contributed by atoms with Crippen molar-refractivity contribution in [1.29, 1.82) is 5.26 Å². The van der Waals surface area contributed by atoms with Gasteiger partial charge in [0.05, 0.1) is 36.4 Å². The van der Waals surface area contributed by atoms with Crippen molar-refractivity contribution in [1.82, 2.24) is 9.80 Å². The Balaban J connectivity index is 1.93. The third-order valence-corrected chi connectivity index (χ3v) is 4.45. The second-order valence-corrected chi connectivity index (χ2v) is 6.44. The zero-order chi connectivity index (χ0) is 19.6. The molecule has 146 valence electrons. The smallest absolute Gasteiger partial charge is 0.271 e. The van der Waals surface area contributed by atoms with Crippen molar-refractivity contribution in [3.8, 4) is 6.07 Å². The molecule has 0 bridgehead atoms. The van der Waals surface area contributed by atoms with E-state index in [-0.39, 0.29) is 18.1 Å². The highest BCUT2D eigenvalue weighted by molar-refractivity contribution is 5.93. The van der Waals surface area contributed by atoms with Crippen LogP contribution in [-0.4, -0.2) is 73.1 Å². The first-order valence-corrected chi connectivity index (χ1v) is 8.94. The molecule has 1 amide bonds. The molecule has 1 heterocycles. The zero-order valence-electron chi connectivity index (χ0n) is 15.5. The normalized spacial score (nSPS) is 14.7. The maximum atomic E-state index is 12.4. The third-order valence-electron chi connectivity index (χ3n) is 4.45. The fraction of sp³-hybridized carbons (Fsp3) is 0.556. The fourth-order valence-corrected chi connectivity index (χ4v) is 2.84. The Bertz CT molecular complexity index is 697. The van der Waals surface area contributed by atoms with Crippen molar-refractivity contribution in [3.63, 3.8) is 0 Å². The molecule has 0 aromatic heterocycles. The van der Waals surface area contributed by atoms with Crippen molar-refractivity contribution < 1.29 is 14.5 Å². The Morgan fingerprint density at radius 2 is 2.15 bits per heavy atom. The summed E-state index contributed by atoms with van der Waals surface area (Å²) in [5, 5.41) is 22.5. The maximum absolute atomic E-state index is 12.4. The molecule has 1 aromatic rings. The lowest BCUT2D eigenvalue weighted by atomic mass is 10.2. The third kappa shape index (κ3) is 6.94. The number of benzene rings is 1. The number of nitro groups is 1. The van der Waals surface area contributed by atoms with E-state index in [1.165, 1.54) is 12.1 Å². The first-order valence-electron chi connectivity index (χ1n) is 8.94. The number of nitrogens with zero attached hydrogens (tertiary/aromatic N) is 4. The fourth-order valence-electron chi connectivity index (χ4n) is 2.84. The first kappa shape index (κ1) is 20.8. The minimum absolute atomic E-state index is 0.0652. The lowest BCUT2D eigenvalue weighted by Gasteiger charge is -2.29. The topological polar surface area (TPSA) is 112 Å². The van der Waals surface area contributed by atoms with Gasteiger partial charge in [-0.1, -0.05) is 6.07 Å². The lowest BCUT2D eigenvalue weighted by molar-refractivity contribution is -0.384. The van der Waals surface area contributed by atoms with Crippen LogP contribution in [0.1, 0.15) is 12.0 Å². The Morgan fingerprint density at radius 1 is 1.41 bits per heavy atom. The molecule has 1 N–H and O–H groups in total. The number of non-ortho nitro benzene ring substituents is 1. The monoisotopic (exact) mass is 375 g/mol. The minimum Gasteiger partial charge on any atom is -0.379 e. The minimum atomic E-state index is -0.489. The molecular formula is C18H25N5O4. The SMILES string of the molecule is Cc1ccc([N+](=O)[O-])cc1NC(=O)CN(CCC#N)CCN1CCOCC1. The first-order chi connectivity index (χ1) is 13.0. The van der Waals surface area contributed by atoms with Gasteiger partial charge in [0.25, 0.3) is 5.69 Å². The van der Waals surface area contributed by atoms with Gasteiger partial charge in [-0.05, 0) is 12.5 Å². The van der Waals surface area contributed by atoms with E-state index in [1.807, 2.05) is 4.90 Å². The summed E-state index contributed by atoms with van der Waals surface area (Å²) in [4.78, 5) is 27.1. The molecule has 2 rings (SSSR count). The Morgan fingerprint density at radius 3 is 2.81 bits per heavy atom. The number of morpholine rings is 1. The van der Waals surface area contributed by atoms with Crippen LogP contribution in [0.25, 0.3) is 0 Å². The molecular weight excluding hydrogens is 350 g/mol. The largest absolute Gasteiger partial charge is 0.379 e. The van der Waals surface area contributed by atoms with Crippen molar-refractivity contribution in [2.24, 2.45) is 0 Å². The predicted octanol–water partition coefficient (Wildman–Crippen LogP) is 1.39. The molecule has 9 nitrogen and oxygen atoms in total. The van der Waals surface area contributed by atoms with Crippen LogP contribution in [0.2, 0.25) is 0 Å². The molecule has 1 fully saturated rings. The van der Waals surface area contributed by atoms with Gasteiger partial charge >= 0.3 is 0 Å². The molecule has 0 unspecified atom stereocenters. The van der Waals surface area contributed by atoms with Gasteiger partial charge in [0.1, 0.15) is 0 Å². The highest BCUT2D eigenvalue weighted by Crippen LogP contribution is 2.21. The highest BCUT2D eigenvalue weighted by Gasteiger charge is 2.16. The standard InChI is InChI=1S/C18H25N5O4/c1-15-3-4-16(23(25)26)13-17(15)20-18(24)14-22(6-2-5-19)8-7-21-9-11-27-12-10-21/h3-4,13H,2,6-12,14H2,1H3,(H,20,24). The molecule has 9 heteroatoms. The summed E-state index contributed by atoms with van der Waals surface area (Å²) < 4.78 is 5.33. The summed E-state index contributed by atoms with van der Waals surface area (Å²) in [5.41, 5.74) is 1.12. The summed E-state index contributed by atoms with van der Waals surface area (Å²) in [7, 11) is 0. The average molecular weight is 375 g/mol. The van der Waals surface area contributed by atoms with Crippen LogP contribution in [-0.2, 0) is 9.53 Å². The summed E-state index contributed by atoms with van der Waals surface area (Å²) in [5.74, 6) is -0.251. The van der Waals surface area contributed by atoms with E-state index in [0.717, 1.165) is 25.2 Å². The molecule has 0 atom stereocenters. The van der Waals surface area contributed by atoms with Gasteiger partial charge < -0.3 is 10.1 Å². The number of nitriles is 1. The number of nitrogens with one attached hydrogen (secondary N) is 1. The molecule has 27 heavy (non-hydrogen) atoms. The number of nitro benzene ring substituents is 1. The van der Waals surface area contributed by atoms with Gasteiger partial charge in [-0.3, -0.25) is 24.7 Å². The van der Waals surface area contributed by atoms with E-state index in [4.69, 9.17) is 10.00 Å². The van der Waals surface area contributed by atoms with Crippen molar-refractivity contribution in [2.45, 2.75) is 13.3 Å². The number of hydrogen-bond donors (Lipinski definition) is 1. The molecule has 0 saturated carbocycles. The highest BCUT2D eigenvalue weighted by atomic mass is 16.6. The van der Waals surface area contributed by atoms with E-state index in [9.17, 15) is 14.9 Å². The molecule has 0 aliphatic carbocycles. The number of carbonyl (C=O) groups is 1. The number of ether oxygens (including phenoxy) is 1. The van der Waals surface area contributed by atoms with E-state index < -0.39 is 4.92 Å². The quantitative estimate of drug-likeness (QED) is 0.513. The van der Waals surface area contributed by atoms with E-state index in [2.05, 4.69) is 16.3 Å². The summed E-state index contributed by atoms with van der Waals surface area (Å²) >= 11 is 0. The number of carbonyl (C=O) groups excluding carboxylic acids is 1. The Labute approximate surface area is 158 Å². The second-order valence-electron chi connectivity index (χ2n) is 6.44. The van der Waals surface area contributed by atoms with E-state index in [1.54, 1.807) is 13.0 Å². The predicted molar refractivity (Wildman–Crippen MR) is 100 cm³/mol. The molecule has 1 aliphatic heterocycles. The summed E-state index contributed by atoms with van der Waals surface area (Å²) in [6.45, 7) is 7.05. The van der Waals surface area contributed by atoms with Crippen molar-refractivity contribution in [2.75, 3.05) is 57.8 Å². The number of rotatable bonds is 9. The van der Waals surface area contributed by atoms with Gasteiger partial charge in [0, 0.05) is 51.3 Å². The van der Waals surface area contributed by atoms with Crippen LogP contribution in [0.3, 0.4) is 0 Å². The van der Waals surface area contributed by atoms with Crippen LogP contribution in [0.4, 0.5) is 11.4 Å². The Kier molecular flexibility index (Phi) is 8.13.